The number of allylic oxidation sites excluding steroid dienone is 1. The van der Waals surface area contributed by atoms with Crippen molar-refractivity contribution in [2.75, 3.05) is 12.4 Å². The highest BCUT2D eigenvalue weighted by Gasteiger charge is 2.28. The molecule has 1 amide bonds. The molecule has 146 valence electrons. The van der Waals surface area contributed by atoms with Gasteiger partial charge in [0.25, 0.3) is 0 Å². The molecule has 0 saturated carbocycles. The summed E-state index contributed by atoms with van der Waals surface area (Å²) in [6.07, 6.45) is 2.92. The molecule has 0 saturated heterocycles. The summed E-state index contributed by atoms with van der Waals surface area (Å²) in [5, 5.41) is 6.26. The zero-order valence-corrected chi connectivity index (χ0v) is 16.8. The van der Waals surface area contributed by atoms with Crippen molar-refractivity contribution < 1.29 is 14.3 Å². The third-order valence-corrected chi connectivity index (χ3v) is 4.76. The van der Waals surface area contributed by atoms with Crippen LogP contribution >= 0.6 is 0 Å². The van der Waals surface area contributed by atoms with Gasteiger partial charge in [0.05, 0.1) is 7.11 Å². The second kappa shape index (κ2) is 7.89. The molecule has 1 aliphatic rings. The second-order valence-corrected chi connectivity index (χ2v) is 7.61. The average Bonchev–Trinajstić information content (AvgIpc) is 2.67. The summed E-state index contributed by atoms with van der Waals surface area (Å²) < 4.78 is 5.35. The monoisotopic (exact) mass is 378 g/mol. The number of amides is 1. The number of benzene rings is 2. The molecule has 0 unspecified atom stereocenters. The van der Waals surface area contributed by atoms with E-state index in [9.17, 15) is 9.59 Å². The van der Waals surface area contributed by atoms with Gasteiger partial charge in [-0.3, -0.25) is 9.59 Å². The standard InChI is InChI=1S/C23H26N2O3/c1-5-22(27)24-17-9-6-15(7-10-17)21(26)13-20-19-12-18(28-4)11-8-16(19)14-23(2,3)25-20/h6-13,25H,5,14H2,1-4H3,(H,24,27)/b20-13-. The minimum absolute atomic E-state index is 0.0552. The van der Waals surface area contributed by atoms with E-state index in [1.165, 1.54) is 5.56 Å². The van der Waals surface area contributed by atoms with Crippen LogP contribution in [0.2, 0.25) is 0 Å². The van der Waals surface area contributed by atoms with Gasteiger partial charge in [0.2, 0.25) is 5.91 Å². The number of carbonyl (C=O) groups is 2. The average molecular weight is 378 g/mol. The van der Waals surface area contributed by atoms with Crippen LogP contribution in [0.25, 0.3) is 5.70 Å². The maximum atomic E-state index is 12.8. The number of ketones is 1. The van der Waals surface area contributed by atoms with Crippen LogP contribution in [-0.4, -0.2) is 24.3 Å². The largest absolute Gasteiger partial charge is 0.497 e. The summed E-state index contributed by atoms with van der Waals surface area (Å²) in [4.78, 5) is 24.3. The number of nitrogens with one attached hydrogen (secondary N) is 2. The van der Waals surface area contributed by atoms with Crippen molar-refractivity contribution in [3.8, 4) is 5.75 Å². The van der Waals surface area contributed by atoms with Gasteiger partial charge in [0.1, 0.15) is 5.75 Å². The Balaban J connectivity index is 1.90. The molecule has 0 bridgehead atoms. The number of carbonyl (C=O) groups excluding carboxylic acids is 2. The van der Waals surface area contributed by atoms with Crippen molar-refractivity contribution in [2.45, 2.75) is 39.2 Å². The Morgan fingerprint density at radius 3 is 2.54 bits per heavy atom. The van der Waals surface area contributed by atoms with Crippen molar-refractivity contribution in [3.63, 3.8) is 0 Å². The molecule has 3 rings (SSSR count). The number of fused-ring (bicyclic) bond motifs is 1. The second-order valence-electron chi connectivity index (χ2n) is 7.61. The maximum absolute atomic E-state index is 12.8. The molecule has 1 heterocycles. The molecule has 0 aromatic heterocycles. The summed E-state index contributed by atoms with van der Waals surface area (Å²) in [6.45, 7) is 6.03. The van der Waals surface area contributed by atoms with Gasteiger partial charge in [-0.1, -0.05) is 13.0 Å². The van der Waals surface area contributed by atoms with E-state index in [0.29, 0.717) is 17.7 Å². The fourth-order valence-electron chi connectivity index (χ4n) is 3.34. The Hall–Kier alpha value is -3.08. The molecule has 0 atom stereocenters. The Kier molecular flexibility index (Phi) is 5.54. The zero-order chi connectivity index (χ0) is 20.3. The van der Waals surface area contributed by atoms with Crippen molar-refractivity contribution in [1.29, 1.82) is 0 Å². The van der Waals surface area contributed by atoms with E-state index in [0.717, 1.165) is 23.4 Å². The molecule has 0 radical (unpaired) electrons. The molecule has 28 heavy (non-hydrogen) atoms. The van der Waals surface area contributed by atoms with Crippen LogP contribution < -0.4 is 15.4 Å². The molecule has 0 aliphatic carbocycles. The summed E-state index contributed by atoms with van der Waals surface area (Å²) in [5.41, 5.74) is 4.06. The van der Waals surface area contributed by atoms with Gasteiger partial charge >= 0.3 is 0 Å². The van der Waals surface area contributed by atoms with Gasteiger partial charge in [-0.25, -0.2) is 0 Å². The molecule has 2 aromatic rings. The highest BCUT2D eigenvalue weighted by atomic mass is 16.5. The number of anilines is 1. The van der Waals surface area contributed by atoms with E-state index in [1.54, 1.807) is 44.4 Å². The summed E-state index contributed by atoms with van der Waals surface area (Å²) in [7, 11) is 1.63. The number of ether oxygens (including phenoxy) is 1. The minimum Gasteiger partial charge on any atom is -0.497 e. The SMILES string of the molecule is CCC(=O)Nc1ccc(C(=O)/C=C2\NC(C)(C)Cc3ccc(OC)cc32)cc1. The summed E-state index contributed by atoms with van der Waals surface area (Å²) in [5.74, 6) is 0.609. The van der Waals surface area contributed by atoms with E-state index in [4.69, 9.17) is 4.74 Å². The molecule has 1 aliphatic heterocycles. The third kappa shape index (κ3) is 4.42. The molecular weight excluding hydrogens is 352 g/mol. The molecule has 2 N–H and O–H groups in total. The molecule has 5 heteroatoms. The number of rotatable bonds is 5. The first kappa shape index (κ1) is 19.7. The molecular formula is C23H26N2O3. The van der Waals surface area contributed by atoms with Gasteiger partial charge in [-0.15, -0.1) is 0 Å². The molecule has 2 aromatic carbocycles. The highest BCUT2D eigenvalue weighted by Crippen LogP contribution is 2.32. The lowest BCUT2D eigenvalue weighted by molar-refractivity contribution is -0.115. The fraction of sp³-hybridized carbons (Fsp3) is 0.304. The van der Waals surface area contributed by atoms with Crippen LogP contribution in [0.3, 0.4) is 0 Å². The van der Waals surface area contributed by atoms with E-state index in [-0.39, 0.29) is 17.2 Å². The van der Waals surface area contributed by atoms with Crippen molar-refractivity contribution in [3.05, 3.63) is 65.2 Å². The van der Waals surface area contributed by atoms with Gasteiger partial charge in [0.15, 0.2) is 5.78 Å². The Bertz CT molecular complexity index is 927. The molecule has 0 fully saturated rings. The highest BCUT2D eigenvalue weighted by molar-refractivity contribution is 6.09. The normalized spacial score (nSPS) is 16.1. The minimum atomic E-state index is -0.151. The Morgan fingerprint density at radius 2 is 1.89 bits per heavy atom. The van der Waals surface area contributed by atoms with Gasteiger partial charge < -0.3 is 15.4 Å². The molecule has 5 nitrogen and oxygen atoms in total. The van der Waals surface area contributed by atoms with Crippen LogP contribution in [0.1, 0.15) is 48.7 Å². The van der Waals surface area contributed by atoms with Crippen LogP contribution in [-0.2, 0) is 11.2 Å². The zero-order valence-electron chi connectivity index (χ0n) is 16.8. The van der Waals surface area contributed by atoms with Crippen molar-refractivity contribution in [2.24, 2.45) is 0 Å². The van der Waals surface area contributed by atoms with E-state index in [1.807, 2.05) is 12.1 Å². The first-order valence-corrected chi connectivity index (χ1v) is 9.43. The van der Waals surface area contributed by atoms with Gasteiger partial charge in [0, 0.05) is 40.5 Å². The van der Waals surface area contributed by atoms with Crippen molar-refractivity contribution >= 4 is 23.1 Å². The summed E-state index contributed by atoms with van der Waals surface area (Å²) in [6, 6.07) is 12.9. The summed E-state index contributed by atoms with van der Waals surface area (Å²) >= 11 is 0. The van der Waals surface area contributed by atoms with Crippen LogP contribution in [0.15, 0.2) is 48.5 Å². The number of hydrogen-bond acceptors (Lipinski definition) is 4. The Morgan fingerprint density at radius 1 is 1.18 bits per heavy atom. The quantitative estimate of drug-likeness (QED) is 0.605. The fourth-order valence-corrected chi connectivity index (χ4v) is 3.34. The predicted octanol–water partition coefficient (Wildman–Crippen LogP) is 4.19. The topological polar surface area (TPSA) is 67.4 Å². The maximum Gasteiger partial charge on any atom is 0.224 e. The van der Waals surface area contributed by atoms with Crippen LogP contribution in [0.5, 0.6) is 5.75 Å². The van der Waals surface area contributed by atoms with E-state index >= 15 is 0 Å². The molecule has 0 spiro atoms. The van der Waals surface area contributed by atoms with Crippen LogP contribution in [0, 0.1) is 0 Å². The van der Waals surface area contributed by atoms with E-state index < -0.39 is 0 Å². The van der Waals surface area contributed by atoms with E-state index in [2.05, 4.69) is 30.5 Å². The smallest absolute Gasteiger partial charge is 0.224 e. The van der Waals surface area contributed by atoms with Gasteiger partial charge in [-0.2, -0.15) is 0 Å². The van der Waals surface area contributed by atoms with Crippen LogP contribution in [0.4, 0.5) is 5.69 Å². The number of methoxy groups -OCH3 is 1. The van der Waals surface area contributed by atoms with Crippen molar-refractivity contribution in [1.82, 2.24) is 5.32 Å². The first-order chi connectivity index (χ1) is 13.3. The predicted molar refractivity (Wildman–Crippen MR) is 112 cm³/mol. The Labute approximate surface area is 165 Å². The number of hydrogen-bond donors (Lipinski definition) is 2. The lowest BCUT2D eigenvalue weighted by Crippen LogP contribution is -2.43. The van der Waals surface area contributed by atoms with Gasteiger partial charge in [-0.05, 0) is 62.2 Å². The lowest BCUT2D eigenvalue weighted by atomic mass is 9.85. The third-order valence-electron chi connectivity index (χ3n) is 4.76. The first-order valence-electron chi connectivity index (χ1n) is 9.43. The lowest BCUT2D eigenvalue weighted by Gasteiger charge is -2.35.